The fourth-order valence-electron chi connectivity index (χ4n) is 3.22. The maximum absolute atomic E-state index is 13.2. The molecule has 30 heavy (non-hydrogen) atoms. The van der Waals surface area contributed by atoms with Crippen LogP contribution in [0.25, 0.3) is 21.9 Å². The third-order valence-corrected chi connectivity index (χ3v) is 4.78. The SMILES string of the molecule is N#CCc1ccc(N=Cc2c(O)[nH]c(=O)c3ccc(-c4ccc(F)cc4)cc23)cc1. The quantitative estimate of drug-likeness (QED) is 0.482. The van der Waals surface area contributed by atoms with Crippen LogP contribution in [-0.4, -0.2) is 16.3 Å². The molecule has 146 valence electrons. The van der Waals surface area contributed by atoms with E-state index in [-0.39, 0.29) is 11.7 Å². The van der Waals surface area contributed by atoms with Gasteiger partial charge in [0.2, 0.25) is 5.88 Å². The van der Waals surface area contributed by atoms with Crippen LogP contribution in [0.1, 0.15) is 11.1 Å². The Hall–Kier alpha value is -4.24. The van der Waals surface area contributed by atoms with Crippen LogP contribution in [-0.2, 0) is 6.42 Å². The van der Waals surface area contributed by atoms with Gasteiger partial charge in [-0.15, -0.1) is 0 Å². The second-order valence-corrected chi connectivity index (χ2v) is 6.74. The van der Waals surface area contributed by atoms with E-state index in [4.69, 9.17) is 5.26 Å². The molecule has 1 aromatic heterocycles. The summed E-state index contributed by atoms with van der Waals surface area (Å²) >= 11 is 0. The Morgan fingerprint density at radius 3 is 2.40 bits per heavy atom. The van der Waals surface area contributed by atoms with Crippen molar-refractivity contribution < 1.29 is 9.50 Å². The maximum atomic E-state index is 13.2. The number of nitrogens with one attached hydrogen (secondary N) is 1. The van der Waals surface area contributed by atoms with E-state index in [1.54, 1.807) is 42.5 Å². The van der Waals surface area contributed by atoms with Crippen molar-refractivity contribution in [3.8, 4) is 23.1 Å². The van der Waals surface area contributed by atoms with E-state index in [0.717, 1.165) is 16.7 Å². The number of hydrogen-bond acceptors (Lipinski definition) is 4. The van der Waals surface area contributed by atoms with Crippen molar-refractivity contribution >= 4 is 22.7 Å². The zero-order chi connectivity index (χ0) is 21.1. The van der Waals surface area contributed by atoms with Gasteiger partial charge in [0.1, 0.15) is 5.82 Å². The first kappa shape index (κ1) is 19.1. The first-order valence-electron chi connectivity index (χ1n) is 9.20. The molecule has 0 aliphatic heterocycles. The second-order valence-electron chi connectivity index (χ2n) is 6.74. The van der Waals surface area contributed by atoms with Crippen LogP contribution >= 0.6 is 0 Å². The minimum absolute atomic E-state index is 0.284. The molecule has 0 radical (unpaired) electrons. The number of benzene rings is 3. The summed E-state index contributed by atoms with van der Waals surface area (Å²) in [5.74, 6) is -0.615. The number of halogens is 1. The van der Waals surface area contributed by atoms with Crippen molar-refractivity contribution in [1.82, 2.24) is 4.98 Å². The minimum Gasteiger partial charge on any atom is -0.494 e. The Morgan fingerprint density at radius 2 is 1.70 bits per heavy atom. The van der Waals surface area contributed by atoms with Crippen LogP contribution in [0.3, 0.4) is 0 Å². The predicted octanol–water partition coefficient (Wildman–Crippen LogP) is 4.86. The predicted molar refractivity (Wildman–Crippen MR) is 115 cm³/mol. The normalized spacial score (nSPS) is 11.1. The number of fused-ring (bicyclic) bond motifs is 1. The number of nitrogens with zero attached hydrogens (tertiary/aromatic N) is 2. The van der Waals surface area contributed by atoms with Crippen LogP contribution in [0.2, 0.25) is 0 Å². The van der Waals surface area contributed by atoms with E-state index >= 15 is 0 Å². The molecule has 0 saturated carbocycles. The number of aromatic hydroxyl groups is 1. The summed E-state index contributed by atoms with van der Waals surface area (Å²) in [6.45, 7) is 0. The Morgan fingerprint density at radius 1 is 1.00 bits per heavy atom. The molecule has 5 nitrogen and oxygen atoms in total. The highest BCUT2D eigenvalue weighted by Crippen LogP contribution is 2.28. The van der Waals surface area contributed by atoms with Crippen molar-refractivity contribution in [2.45, 2.75) is 6.42 Å². The molecule has 4 rings (SSSR count). The van der Waals surface area contributed by atoms with Gasteiger partial charge in [0, 0.05) is 17.0 Å². The lowest BCUT2D eigenvalue weighted by atomic mass is 9.99. The summed E-state index contributed by atoms with van der Waals surface area (Å²) < 4.78 is 13.2. The highest BCUT2D eigenvalue weighted by atomic mass is 19.1. The molecule has 0 fully saturated rings. The highest BCUT2D eigenvalue weighted by molar-refractivity contribution is 6.03. The van der Waals surface area contributed by atoms with Gasteiger partial charge in [-0.3, -0.25) is 14.8 Å². The van der Waals surface area contributed by atoms with Gasteiger partial charge in [0.05, 0.1) is 23.7 Å². The number of aromatic amines is 1. The summed E-state index contributed by atoms with van der Waals surface area (Å²) in [7, 11) is 0. The molecule has 0 aliphatic carbocycles. The molecule has 1 heterocycles. The summed E-state index contributed by atoms with van der Waals surface area (Å²) in [5.41, 5.74) is 3.06. The Bertz CT molecular complexity index is 1350. The molecule has 4 aromatic rings. The highest BCUT2D eigenvalue weighted by Gasteiger charge is 2.11. The molecule has 0 unspecified atom stereocenters. The van der Waals surface area contributed by atoms with Crippen LogP contribution in [0.4, 0.5) is 10.1 Å². The van der Waals surface area contributed by atoms with E-state index in [9.17, 15) is 14.3 Å². The molecular weight excluding hydrogens is 381 g/mol. The Balaban J connectivity index is 1.79. The third-order valence-electron chi connectivity index (χ3n) is 4.78. The molecule has 2 N–H and O–H groups in total. The maximum Gasteiger partial charge on any atom is 0.258 e. The van der Waals surface area contributed by atoms with Crippen molar-refractivity contribution in [3.63, 3.8) is 0 Å². The second kappa shape index (κ2) is 8.02. The average molecular weight is 397 g/mol. The van der Waals surface area contributed by atoms with Gasteiger partial charge in [-0.1, -0.05) is 30.3 Å². The van der Waals surface area contributed by atoms with Gasteiger partial charge >= 0.3 is 0 Å². The van der Waals surface area contributed by atoms with Crippen LogP contribution in [0.15, 0.2) is 76.5 Å². The first-order valence-corrected chi connectivity index (χ1v) is 9.20. The largest absolute Gasteiger partial charge is 0.494 e. The third kappa shape index (κ3) is 3.82. The Kier molecular flexibility index (Phi) is 5.10. The molecular formula is C24H16FN3O2. The zero-order valence-corrected chi connectivity index (χ0v) is 15.8. The lowest BCUT2D eigenvalue weighted by Crippen LogP contribution is -2.08. The average Bonchev–Trinajstić information content (AvgIpc) is 2.75. The number of rotatable bonds is 4. The number of pyridine rings is 1. The van der Waals surface area contributed by atoms with Gasteiger partial charge in [0.15, 0.2) is 0 Å². The van der Waals surface area contributed by atoms with Crippen molar-refractivity contribution in [2.24, 2.45) is 4.99 Å². The van der Waals surface area contributed by atoms with Gasteiger partial charge in [-0.05, 0) is 53.1 Å². The fourth-order valence-corrected chi connectivity index (χ4v) is 3.22. The smallest absolute Gasteiger partial charge is 0.258 e. The summed E-state index contributed by atoms with van der Waals surface area (Å²) in [4.78, 5) is 19.1. The van der Waals surface area contributed by atoms with Gasteiger partial charge in [0.25, 0.3) is 5.56 Å². The number of H-pyrrole nitrogens is 1. The van der Waals surface area contributed by atoms with Crippen molar-refractivity contribution in [3.05, 3.63) is 94.0 Å². The zero-order valence-electron chi connectivity index (χ0n) is 15.8. The van der Waals surface area contributed by atoms with E-state index in [1.165, 1.54) is 18.3 Å². The molecule has 0 aliphatic rings. The molecule has 6 heteroatoms. The number of aliphatic imine (C=N–C) groups is 1. The Labute approximate surface area is 171 Å². The number of aromatic nitrogens is 1. The van der Waals surface area contributed by atoms with Gasteiger partial charge in [-0.2, -0.15) is 5.26 Å². The monoisotopic (exact) mass is 397 g/mol. The van der Waals surface area contributed by atoms with Crippen molar-refractivity contribution in [1.29, 1.82) is 5.26 Å². The van der Waals surface area contributed by atoms with E-state index in [1.807, 2.05) is 12.1 Å². The van der Waals surface area contributed by atoms with Crippen molar-refractivity contribution in [2.75, 3.05) is 0 Å². The molecule has 3 aromatic carbocycles. The topological polar surface area (TPSA) is 89.2 Å². The molecule has 0 amide bonds. The minimum atomic E-state index is -0.411. The summed E-state index contributed by atoms with van der Waals surface area (Å²) in [5, 5.41) is 20.0. The van der Waals surface area contributed by atoms with Crippen LogP contribution < -0.4 is 5.56 Å². The molecule has 0 atom stereocenters. The van der Waals surface area contributed by atoms with Crippen LogP contribution in [0.5, 0.6) is 5.88 Å². The van der Waals surface area contributed by atoms with E-state index in [2.05, 4.69) is 16.0 Å². The molecule has 0 spiro atoms. The number of hydrogen-bond donors (Lipinski definition) is 2. The molecule has 0 saturated heterocycles. The summed E-state index contributed by atoms with van der Waals surface area (Å²) in [6, 6.07) is 20.5. The standard InChI is InChI=1S/C24H16FN3O2/c25-18-6-3-16(4-7-18)17-5-10-20-21(13-17)22(24(30)28-23(20)29)14-27-19-8-1-15(2-9-19)11-12-26/h1-10,13-14H,11H2,(H2,28,29,30). The fraction of sp³-hybridized carbons (Fsp3) is 0.0417. The number of nitriles is 1. The van der Waals surface area contributed by atoms with Gasteiger partial charge < -0.3 is 5.11 Å². The lowest BCUT2D eigenvalue weighted by molar-refractivity contribution is 0.452. The van der Waals surface area contributed by atoms with Gasteiger partial charge in [-0.25, -0.2) is 4.39 Å². The van der Waals surface area contributed by atoms with E-state index < -0.39 is 5.56 Å². The lowest BCUT2D eigenvalue weighted by Gasteiger charge is -2.08. The molecule has 0 bridgehead atoms. The van der Waals surface area contributed by atoms with E-state index in [0.29, 0.717) is 28.4 Å². The summed E-state index contributed by atoms with van der Waals surface area (Å²) in [6.07, 6.45) is 1.81. The first-order chi connectivity index (χ1) is 14.5. The van der Waals surface area contributed by atoms with Crippen LogP contribution in [0, 0.1) is 17.1 Å².